The van der Waals surface area contributed by atoms with Crippen LogP contribution in [-0.2, 0) is 16.1 Å². The summed E-state index contributed by atoms with van der Waals surface area (Å²) in [5.41, 5.74) is 0.847. The van der Waals surface area contributed by atoms with Crippen LogP contribution in [0.2, 0.25) is 0 Å². The highest BCUT2D eigenvalue weighted by atomic mass is 19.1. The summed E-state index contributed by atoms with van der Waals surface area (Å²) in [6.45, 7) is 8.12. The minimum absolute atomic E-state index is 0.142. The van der Waals surface area contributed by atoms with Gasteiger partial charge in [-0.25, -0.2) is 14.0 Å². The molecule has 0 aliphatic rings. The van der Waals surface area contributed by atoms with E-state index in [9.17, 15) is 14.0 Å². The number of nitrogens with one attached hydrogen (secondary N) is 2. The van der Waals surface area contributed by atoms with Crippen LogP contribution in [-0.4, -0.2) is 30.9 Å². The quantitative estimate of drug-likeness (QED) is 0.458. The van der Waals surface area contributed by atoms with Gasteiger partial charge in [0.2, 0.25) is 0 Å². The van der Waals surface area contributed by atoms with E-state index in [1.807, 2.05) is 30.3 Å². The zero-order chi connectivity index (χ0) is 24.3. The second kappa shape index (κ2) is 12.7. The highest BCUT2D eigenvalue weighted by Gasteiger charge is 2.17. The Morgan fingerprint density at radius 3 is 2.45 bits per heavy atom. The van der Waals surface area contributed by atoms with Gasteiger partial charge in [-0.2, -0.15) is 0 Å². The van der Waals surface area contributed by atoms with Gasteiger partial charge in [-0.05, 0) is 64.3 Å². The fraction of sp³-hybridized carbons (Fsp3) is 0.440. The second-order valence-corrected chi connectivity index (χ2v) is 8.59. The number of rotatable bonds is 10. The normalized spacial score (nSPS) is 11.9. The lowest BCUT2D eigenvalue weighted by molar-refractivity contribution is 0.0526. The van der Waals surface area contributed by atoms with E-state index < -0.39 is 29.6 Å². The number of benzene rings is 2. The third-order valence-electron chi connectivity index (χ3n) is 4.48. The van der Waals surface area contributed by atoms with Gasteiger partial charge in [-0.3, -0.25) is 0 Å². The Bertz CT molecular complexity index is 899. The van der Waals surface area contributed by atoms with Gasteiger partial charge in [0.05, 0.1) is 12.6 Å². The van der Waals surface area contributed by atoms with Crippen LogP contribution in [0.1, 0.15) is 57.7 Å². The lowest BCUT2D eigenvalue weighted by Crippen LogP contribution is -2.33. The van der Waals surface area contributed by atoms with Gasteiger partial charge >= 0.3 is 12.2 Å². The summed E-state index contributed by atoms with van der Waals surface area (Å²) in [7, 11) is 0. The van der Waals surface area contributed by atoms with Crippen LogP contribution in [0.15, 0.2) is 48.5 Å². The molecule has 180 valence electrons. The molecule has 0 aliphatic carbocycles. The summed E-state index contributed by atoms with van der Waals surface area (Å²) in [4.78, 5) is 23.8. The van der Waals surface area contributed by atoms with E-state index in [0.29, 0.717) is 37.3 Å². The fourth-order valence-electron chi connectivity index (χ4n) is 2.92. The molecule has 0 fully saturated rings. The summed E-state index contributed by atoms with van der Waals surface area (Å²) in [6, 6.07) is 13.0. The number of alkyl carbamates (subject to hydrolysis) is 2. The maximum atomic E-state index is 13.8. The fourth-order valence-corrected chi connectivity index (χ4v) is 2.92. The first-order valence-corrected chi connectivity index (χ1v) is 11.0. The largest absolute Gasteiger partial charge is 0.493 e. The highest BCUT2D eigenvalue weighted by molar-refractivity contribution is 5.68. The third-order valence-corrected chi connectivity index (χ3v) is 4.48. The van der Waals surface area contributed by atoms with E-state index in [0.717, 1.165) is 5.56 Å². The molecule has 0 heterocycles. The molecule has 7 nitrogen and oxygen atoms in total. The Balaban J connectivity index is 1.79. The molecule has 0 radical (unpaired) electrons. The smallest absolute Gasteiger partial charge is 0.407 e. The topological polar surface area (TPSA) is 85.9 Å². The number of carbonyl (C=O) groups is 2. The van der Waals surface area contributed by atoms with Crippen LogP contribution < -0.4 is 15.4 Å². The van der Waals surface area contributed by atoms with Crippen molar-refractivity contribution in [3.8, 4) is 5.75 Å². The van der Waals surface area contributed by atoms with Gasteiger partial charge in [0.25, 0.3) is 0 Å². The number of amides is 2. The number of unbranched alkanes of at least 4 members (excludes halogenated alkanes) is 1. The van der Waals surface area contributed by atoms with Crippen LogP contribution in [0.5, 0.6) is 5.75 Å². The van der Waals surface area contributed by atoms with Crippen LogP contribution in [0.4, 0.5) is 14.0 Å². The summed E-state index contributed by atoms with van der Waals surface area (Å²) in [5, 5.41) is 5.40. The van der Waals surface area contributed by atoms with Crippen LogP contribution in [0, 0.1) is 5.82 Å². The van der Waals surface area contributed by atoms with E-state index >= 15 is 0 Å². The van der Waals surface area contributed by atoms with Crippen molar-refractivity contribution >= 4 is 12.2 Å². The molecular formula is C25H33FN2O5. The van der Waals surface area contributed by atoms with Crippen LogP contribution in [0.3, 0.4) is 0 Å². The average molecular weight is 461 g/mol. The van der Waals surface area contributed by atoms with Gasteiger partial charge in [0, 0.05) is 12.1 Å². The zero-order valence-electron chi connectivity index (χ0n) is 19.7. The third kappa shape index (κ3) is 10.2. The van der Waals surface area contributed by atoms with Gasteiger partial charge in [0.1, 0.15) is 23.8 Å². The minimum Gasteiger partial charge on any atom is -0.493 e. The zero-order valence-corrected chi connectivity index (χ0v) is 19.7. The molecule has 2 amide bonds. The minimum atomic E-state index is -0.602. The van der Waals surface area contributed by atoms with Crippen LogP contribution in [0.25, 0.3) is 0 Å². The number of carbonyl (C=O) groups excluding carboxylic acids is 2. The van der Waals surface area contributed by atoms with Crippen molar-refractivity contribution < 1.29 is 28.2 Å². The highest BCUT2D eigenvalue weighted by Crippen LogP contribution is 2.26. The first kappa shape index (κ1) is 26.0. The first-order valence-electron chi connectivity index (χ1n) is 11.0. The van der Waals surface area contributed by atoms with Crippen LogP contribution >= 0.6 is 0 Å². The van der Waals surface area contributed by atoms with E-state index in [1.165, 1.54) is 18.2 Å². The molecule has 8 heteroatoms. The molecule has 0 spiro atoms. The van der Waals surface area contributed by atoms with Crippen molar-refractivity contribution in [3.63, 3.8) is 0 Å². The summed E-state index contributed by atoms with van der Waals surface area (Å²) < 4.78 is 30.1. The molecule has 1 atom stereocenters. The van der Waals surface area contributed by atoms with Gasteiger partial charge in [-0.1, -0.05) is 30.3 Å². The number of hydrogen-bond acceptors (Lipinski definition) is 5. The summed E-state index contributed by atoms with van der Waals surface area (Å²) >= 11 is 0. The molecule has 33 heavy (non-hydrogen) atoms. The van der Waals surface area contributed by atoms with Crippen molar-refractivity contribution in [3.05, 3.63) is 65.5 Å². The molecule has 0 unspecified atom stereocenters. The van der Waals surface area contributed by atoms with Crippen molar-refractivity contribution in [2.24, 2.45) is 0 Å². The van der Waals surface area contributed by atoms with Crippen molar-refractivity contribution in [1.29, 1.82) is 0 Å². The van der Waals surface area contributed by atoms with E-state index in [4.69, 9.17) is 14.2 Å². The Kier molecular flexibility index (Phi) is 9.97. The Morgan fingerprint density at radius 2 is 1.76 bits per heavy atom. The number of halogens is 1. The summed E-state index contributed by atoms with van der Waals surface area (Å²) in [6.07, 6.45) is 0.307. The summed E-state index contributed by atoms with van der Waals surface area (Å²) in [5.74, 6) is 0.0533. The molecule has 0 bridgehead atoms. The maximum Gasteiger partial charge on any atom is 0.407 e. The lowest BCUT2D eigenvalue weighted by atomic mass is 10.1. The molecule has 0 aromatic heterocycles. The van der Waals surface area contributed by atoms with Gasteiger partial charge < -0.3 is 24.8 Å². The van der Waals surface area contributed by atoms with E-state index in [-0.39, 0.29) is 6.61 Å². The second-order valence-electron chi connectivity index (χ2n) is 8.59. The predicted molar refractivity (Wildman–Crippen MR) is 124 cm³/mol. The maximum absolute atomic E-state index is 13.8. The van der Waals surface area contributed by atoms with Gasteiger partial charge in [-0.15, -0.1) is 0 Å². The monoisotopic (exact) mass is 460 g/mol. The molecule has 2 aromatic carbocycles. The molecule has 0 saturated carbocycles. The number of hydrogen-bond donors (Lipinski definition) is 2. The van der Waals surface area contributed by atoms with E-state index in [2.05, 4.69) is 10.6 Å². The molecule has 2 N–H and O–H groups in total. The average Bonchev–Trinajstić information content (AvgIpc) is 2.75. The van der Waals surface area contributed by atoms with Crippen molar-refractivity contribution in [1.82, 2.24) is 10.6 Å². The Hall–Kier alpha value is -3.29. The Morgan fingerprint density at radius 1 is 1.03 bits per heavy atom. The predicted octanol–water partition coefficient (Wildman–Crippen LogP) is 5.50. The first-order chi connectivity index (χ1) is 15.6. The lowest BCUT2D eigenvalue weighted by Gasteiger charge is -2.20. The Labute approximate surface area is 194 Å². The van der Waals surface area contributed by atoms with Crippen molar-refractivity contribution in [2.75, 3.05) is 13.2 Å². The molecule has 2 rings (SSSR count). The van der Waals surface area contributed by atoms with E-state index in [1.54, 1.807) is 27.7 Å². The standard InChI is InChI=1S/C25H33FN2O5/c1-18(28-24(30)32-17-19-10-6-5-7-11-19)21-16-20(26)12-13-22(21)31-15-9-8-14-27-23(29)33-25(2,3)4/h5-7,10-13,16,18H,8-9,14-15,17H2,1-4H3,(H,27,29)(H,28,30)/t18-/m1/s1. The van der Waals surface area contributed by atoms with Gasteiger partial charge in [0.15, 0.2) is 0 Å². The molecule has 2 aromatic rings. The van der Waals surface area contributed by atoms with Crippen molar-refractivity contribution in [2.45, 2.75) is 58.8 Å². The SMILES string of the molecule is C[C@@H](NC(=O)OCc1ccccc1)c1cc(F)ccc1OCCCCNC(=O)OC(C)(C)C. The molecule has 0 aliphatic heterocycles. The molecular weight excluding hydrogens is 427 g/mol. The number of ether oxygens (including phenoxy) is 3. The molecule has 0 saturated heterocycles.